The Bertz CT molecular complexity index is 280. The van der Waals surface area contributed by atoms with Gasteiger partial charge in [0, 0.05) is 6.07 Å². The van der Waals surface area contributed by atoms with Gasteiger partial charge in [-0.2, -0.15) is 0 Å². The Morgan fingerprint density at radius 3 is 2.58 bits per heavy atom. The molecule has 1 aromatic heterocycles. The summed E-state index contributed by atoms with van der Waals surface area (Å²) in [4.78, 5) is 3.66. The highest BCUT2D eigenvalue weighted by atomic mass is 35.5. The van der Waals surface area contributed by atoms with Gasteiger partial charge in [0.2, 0.25) is 0 Å². The Hall–Kier alpha value is -0.710. The molecule has 0 saturated carbocycles. The molecule has 0 aromatic carbocycles. The molecule has 0 amide bonds. The molecule has 0 unspecified atom stereocenters. The molecule has 4 nitrogen and oxygen atoms in total. The van der Waals surface area contributed by atoms with E-state index in [2.05, 4.69) is 4.98 Å². The van der Waals surface area contributed by atoms with Crippen molar-refractivity contribution in [2.75, 3.05) is 17.8 Å². The monoisotopic (exact) mass is 206 g/mol. The van der Waals surface area contributed by atoms with Crippen LogP contribution < -0.4 is 10.8 Å². The molecule has 1 heterocycles. The highest BCUT2D eigenvalue weighted by Crippen LogP contribution is 2.31. The minimum atomic E-state index is 0.0116. The maximum Gasteiger partial charge on any atom is 0.155 e. The van der Waals surface area contributed by atoms with Crippen molar-refractivity contribution >= 4 is 34.6 Å². The average Bonchev–Trinajstić information content (AvgIpc) is 1.82. The zero-order valence-electron chi connectivity index (χ0n) is 6.21. The van der Waals surface area contributed by atoms with Crippen molar-refractivity contribution < 1.29 is 0 Å². The van der Waals surface area contributed by atoms with Gasteiger partial charge >= 0.3 is 0 Å². The molecule has 0 aliphatic carbocycles. The lowest BCUT2D eigenvalue weighted by atomic mass is 10.3. The molecule has 0 bridgehead atoms. The van der Waals surface area contributed by atoms with Gasteiger partial charge < -0.3 is 16.0 Å². The van der Waals surface area contributed by atoms with E-state index >= 15 is 0 Å². The first-order valence-corrected chi connectivity index (χ1v) is 3.80. The maximum absolute atomic E-state index is 10.9. The van der Waals surface area contributed by atoms with Crippen LogP contribution in [-0.4, -0.2) is 12.0 Å². The predicted molar refractivity (Wildman–Crippen MR) is 50.4 cm³/mol. The van der Waals surface area contributed by atoms with E-state index in [9.17, 15) is 5.21 Å². The number of rotatable bonds is 1. The van der Waals surface area contributed by atoms with Crippen LogP contribution in [0.3, 0.4) is 0 Å². The number of hydroxylamine groups is 1. The number of nitrogens with two attached hydrogens (primary N) is 1. The smallest absolute Gasteiger partial charge is 0.155 e. The van der Waals surface area contributed by atoms with Gasteiger partial charge in [0.25, 0.3) is 0 Å². The minimum absolute atomic E-state index is 0.0116. The highest BCUT2D eigenvalue weighted by Gasteiger charge is 2.06. The summed E-state index contributed by atoms with van der Waals surface area (Å²) in [6, 6.07) is 1.37. The fourth-order valence-corrected chi connectivity index (χ4v) is 1.37. The summed E-state index contributed by atoms with van der Waals surface area (Å²) in [6.07, 6.45) is 0. The molecular formula is C6H6Cl2N3O-. The van der Waals surface area contributed by atoms with Crippen LogP contribution in [0.4, 0.5) is 11.4 Å². The van der Waals surface area contributed by atoms with Gasteiger partial charge in [0.1, 0.15) is 5.15 Å². The average molecular weight is 207 g/mol. The molecule has 0 aliphatic heterocycles. The summed E-state index contributed by atoms with van der Waals surface area (Å²) in [6.45, 7) is 0. The van der Waals surface area contributed by atoms with Gasteiger partial charge in [-0.15, -0.1) is 0 Å². The number of hydrogen-bond acceptors (Lipinski definition) is 4. The summed E-state index contributed by atoms with van der Waals surface area (Å²) in [5.74, 6) is 0. The summed E-state index contributed by atoms with van der Waals surface area (Å²) in [5.41, 5.74) is 5.83. The van der Waals surface area contributed by atoms with Crippen LogP contribution in [0.25, 0.3) is 0 Å². The second-order valence-electron chi connectivity index (χ2n) is 2.17. The van der Waals surface area contributed by atoms with Crippen molar-refractivity contribution in [3.63, 3.8) is 0 Å². The fraction of sp³-hybridized carbons (Fsp3) is 0.167. The van der Waals surface area contributed by atoms with Crippen LogP contribution in [0.1, 0.15) is 0 Å². The van der Waals surface area contributed by atoms with E-state index in [-0.39, 0.29) is 21.7 Å². The van der Waals surface area contributed by atoms with Crippen LogP contribution in [0, 0.1) is 5.21 Å². The number of aromatic nitrogens is 1. The van der Waals surface area contributed by atoms with E-state index in [4.69, 9.17) is 28.9 Å². The summed E-state index contributed by atoms with van der Waals surface area (Å²) in [5, 5.41) is 11.6. The van der Waals surface area contributed by atoms with Crippen LogP contribution in [0.15, 0.2) is 6.07 Å². The molecule has 0 fully saturated rings. The molecule has 0 radical (unpaired) electrons. The van der Waals surface area contributed by atoms with Gasteiger partial charge in [-0.05, 0) is 7.05 Å². The predicted octanol–water partition coefficient (Wildman–Crippen LogP) is 1.90. The molecule has 12 heavy (non-hydrogen) atoms. The number of nitrogen functional groups attached to an aromatic ring is 1. The third kappa shape index (κ3) is 1.72. The van der Waals surface area contributed by atoms with Gasteiger partial charge in [0.15, 0.2) is 5.15 Å². The van der Waals surface area contributed by atoms with Gasteiger partial charge in [-0.1, -0.05) is 23.2 Å². The van der Waals surface area contributed by atoms with E-state index in [1.54, 1.807) is 0 Å². The Balaban J connectivity index is 3.28. The fourth-order valence-electron chi connectivity index (χ4n) is 0.807. The maximum atomic E-state index is 10.9. The minimum Gasteiger partial charge on any atom is -0.758 e. The number of pyridine rings is 1. The quantitative estimate of drug-likeness (QED) is 0.564. The van der Waals surface area contributed by atoms with E-state index in [1.165, 1.54) is 13.1 Å². The SMILES string of the molecule is CN([O-])c1c(N)cc(Cl)nc1Cl. The number of hydrogen-bond donors (Lipinski definition) is 1. The highest BCUT2D eigenvalue weighted by molar-refractivity contribution is 6.35. The van der Waals surface area contributed by atoms with Crippen molar-refractivity contribution in [1.29, 1.82) is 0 Å². The summed E-state index contributed by atoms with van der Waals surface area (Å²) >= 11 is 11.1. The topological polar surface area (TPSA) is 65.2 Å². The second-order valence-corrected chi connectivity index (χ2v) is 2.92. The first kappa shape index (κ1) is 9.38. The van der Waals surface area contributed by atoms with E-state index in [0.29, 0.717) is 5.06 Å². The molecule has 0 atom stereocenters. The van der Waals surface area contributed by atoms with Gasteiger partial charge in [0.05, 0.1) is 11.4 Å². The molecule has 1 aromatic rings. The lowest BCUT2D eigenvalue weighted by Crippen LogP contribution is -2.10. The van der Waals surface area contributed by atoms with Crippen LogP contribution in [0.5, 0.6) is 0 Å². The van der Waals surface area contributed by atoms with E-state index in [1.807, 2.05) is 0 Å². The van der Waals surface area contributed by atoms with Crippen LogP contribution in [-0.2, 0) is 0 Å². The van der Waals surface area contributed by atoms with Crippen molar-refractivity contribution in [1.82, 2.24) is 4.98 Å². The van der Waals surface area contributed by atoms with Crippen molar-refractivity contribution in [2.24, 2.45) is 0 Å². The molecule has 66 valence electrons. The lowest BCUT2D eigenvalue weighted by molar-refractivity contribution is 1.18. The Morgan fingerprint density at radius 1 is 1.58 bits per heavy atom. The first-order valence-electron chi connectivity index (χ1n) is 3.04. The first-order chi connectivity index (χ1) is 5.52. The normalized spacial score (nSPS) is 10.0. The van der Waals surface area contributed by atoms with Crippen molar-refractivity contribution in [3.05, 3.63) is 21.6 Å². The van der Waals surface area contributed by atoms with Gasteiger partial charge in [-0.25, -0.2) is 4.98 Å². The lowest BCUT2D eigenvalue weighted by Gasteiger charge is -2.26. The third-order valence-electron chi connectivity index (χ3n) is 1.26. The second kappa shape index (κ2) is 3.35. The molecule has 0 aliphatic rings. The van der Waals surface area contributed by atoms with Crippen molar-refractivity contribution in [3.8, 4) is 0 Å². The molecule has 2 N–H and O–H groups in total. The Kier molecular flexibility index (Phi) is 2.62. The number of nitrogens with zero attached hydrogens (tertiary/aromatic N) is 2. The van der Waals surface area contributed by atoms with Gasteiger partial charge in [-0.3, -0.25) is 0 Å². The Morgan fingerprint density at radius 2 is 2.17 bits per heavy atom. The number of anilines is 2. The van der Waals surface area contributed by atoms with Crippen LogP contribution in [0.2, 0.25) is 10.3 Å². The zero-order valence-corrected chi connectivity index (χ0v) is 7.73. The van der Waals surface area contributed by atoms with E-state index in [0.717, 1.165) is 0 Å². The van der Waals surface area contributed by atoms with E-state index < -0.39 is 0 Å². The summed E-state index contributed by atoms with van der Waals surface area (Å²) in [7, 11) is 1.28. The zero-order chi connectivity index (χ0) is 9.30. The van der Waals surface area contributed by atoms with Crippen molar-refractivity contribution in [2.45, 2.75) is 0 Å². The molecule has 0 spiro atoms. The molecular weight excluding hydrogens is 201 g/mol. The standard InChI is InChI=1S/C6H6Cl2N3O/c1-11(12)5-3(9)2-4(7)10-6(5)8/h2H,1H3,(H2,9,10)/q-1. The Labute approximate surface area is 79.5 Å². The summed E-state index contributed by atoms with van der Waals surface area (Å²) < 4.78 is 0. The largest absolute Gasteiger partial charge is 0.758 e. The molecule has 6 heteroatoms. The molecule has 1 rings (SSSR count). The number of halogens is 2. The van der Waals surface area contributed by atoms with Crippen LogP contribution >= 0.6 is 23.2 Å². The third-order valence-corrected chi connectivity index (χ3v) is 1.72. The molecule has 0 saturated heterocycles.